The Balaban J connectivity index is 1.88. The first-order valence-electron chi connectivity index (χ1n) is 6.87. The molecule has 0 radical (unpaired) electrons. The van der Waals surface area contributed by atoms with Gasteiger partial charge in [0.25, 0.3) is 0 Å². The van der Waals surface area contributed by atoms with Crippen LogP contribution >= 0.6 is 0 Å². The molecule has 0 saturated heterocycles. The summed E-state index contributed by atoms with van der Waals surface area (Å²) < 4.78 is 5.24. The van der Waals surface area contributed by atoms with Crippen LogP contribution in [0, 0.1) is 6.92 Å². The molecule has 1 aromatic rings. The number of methoxy groups -OCH3 is 1. The normalized spacial score (nSPS) is 15.5. The summed E-state index contributed by atoms with van der Waals surface area (Å²) in [6.45, 7) is 2.35. The number of carbonyl (C=O) groups excluding carboxylic acids is 1. The van der Waals surface area contributed by atoms with Crippen LogP contribution in [0.15, 0.2) is 18.2 Å². The van der Waals surface area contributed by atoms with Crippen molar-refractivity contribution < 1.29 is 9.53 Å². The third kappa shape index (κ3) is 3.96. The summed E-state index contributed by atoms with van der Waals surface area (Å²) in [4.78, 5) is 11.9. The predicted octanol–water partition coefficient (Wildman–Crippen LogP) is 2.47. The van der Waals surface area contributed by atoms with Gasteiger partial charge in [0.05, 0.1) is 19.3 Å². The van der Waals surface area contributed by atoms with Crippen LogP contribution in [-0.4, -0.2) is 25.6 Å². The van der Waals surface area contributed by atoms with Gasteiger partial charge in [-0.15, -0.1) is 0 Å². The van der Waals surface area contributed by atoms with E-state index in [0.29, 0.717) is 18.3 Å². The van der Waals surface area contributed by atoms with Gasteiger partial charge in [0.2, 0.25) is 5.91 Å². The molecule has 2 rings (SSSR count). The summed E-state index contributed by atoms with van der Waals surface area (Å²) in [5.41, 5.74) is 1.83. The highest BCUT2D eigenvalue weighted by Crippen LogP contribution is 2.25. The maximum atomic E-state index is 11.9. The molecule has 0 atom stereocenters. The molecule has 4 heteroatoms. The molecule has 0 heterocycles. The molecule has 2 N–H and O–H groups in total. The maximum absolute atomic E-state index is 11.9. The van der Waals surface area contributed by atoms with Crippen molar-refractivity contribution in [3.8, 4) is 5.75 Å². The standard InChI is InChI=1S/C15H22N2O2/c1-11-7-8-14(19-2)13(9-11)17-15(18)10-16-12-5-3-4-6-12/h7-9,12,16H,3-6,10H2,1-2H3,(H,17,18). The van der Waals surface area contributed by atoms with Crippen molar-refractivity contribution in [2.45, 2.75) is 38.6 Å². The van der Waals surface area contributed by atoms with Gasteiger partial charge in [-0.1, -0.05) is 18.9 Å². The van der Waals surface area contributed by atoms with Crippen molar-refractivity contribution in [3.63, 3.8) is 0 Å². The van der Waals surface area contributed by atoms with Gasteiger partial charge < -0.3 is 15.4 Å². The Bertz CT molecular complexity index is 440. The number of ether oxygens (including phenoxy) is 1. The molecule has 0 aromatic heterocycles. The molecular weight excluding hydrogens is 240 g/mol. The maximum Gasteiger partial charge on any atom is 0.238 e. The second-order valence-corrected chi connectivity index (χ2v) is 5.11. The van der Waals surface area contributed by atoms with Gasteiger partial charge in [0.1, 0.15) is 5.75 Å². The SMILES string of the molecule is COc1ccc(C)cc1NC(=O)CNC1CCCC1. The van der Waals surface area contributed by atoms with Crippen molar-refractivity contribution in [1.82, 2.24) is 5.32 Å². The van der Waals surface area contributed by atoms with Crippen LogP contribution in [0.5, 0.6) is 5.75 Å². The highest BCUT2D eigenvalue weighted by atomic mass is 16.5. The van der Waals surface area contributed by atoms with Gasteiger partial charge in [-0.25, -0.2) is 0 Å². The minimum atomic E-state index is -0.0178. The molecule has 1 amide bonds. The average Bonchev–Trinajstić information content (AvgIpc) is 2.90. The van der Waals surface area contributed by atoms with E-state index in [9.17, 15) is 4.79 Å². The summed E-state index contributed by atoms with van der Waals surface area (Å²) in [6.07, 6.45) is 4.90. The van der Waals surface area contributed by atoms with Crippen LogP contribution < -0.4 is 15.4 Å². The Kier molecular flexibility index (Phi) is 4.80. The summed E-state index contributed by atoms with van der Waals surface area (Å²) in [7, 11) is 1.61. The second-order valence-electron chi connectivity index (χ2n) is 5.11. The minimum Gasteiger partial charge on any atom is -0.495 e. The lowest BCUT2D eigenvalue weighted by atomic mass is 10.2. The molecule has 1 aliphatic rings. The van der Waals surface area contributed by atoms with E-state index in [2.05, 4.69) is 10.6 Å². The lowest BCUT2D eigenvalue weighted by Gasteiger charge is -2.13. The van der Waals surface area contributed by atoms with Crippen molar-refractivity contribution in [2.24, 2.45) is 0 Å². The number of nitrogens with one attached hydrogen (secondary N) is 2. The Morgan fingerprint density at radius 3 is 2.79 bits per heavy atom. The fraction of sp³-hybridized carbons (Fsp3) is 0.533. The van der Waals surface area contributed by atoms with Gasteiger partial charge >= 0.3 is 0 Å². The van der Waals surface area contributed by atoms with E-state index in [-0.39, 0.29) is 5.91 Å². The van der Waals surface area contributed by atoms with E-state index < -0.39 is 0 Å². The van der Waals surface area contributed by atoms with E-state index in [1.807, 2.05) is 25.1 Å². The topological polar surface area (TPSA) is 50.4 Å². The molecule has 104 valence electrons. The van der Waals surface area contributed by atoms with Crippen molar-refractivity contribution in [1.29, 1.82) is 0 Å². The molecule has 1 saturated carbocycles. The zero-order chi connectivity index (χ0) is 13.7. The first-order valence-corrected chi connectivity index (χ1v) is 6.87. The van der Waals surface area contributed by atoms with Crippen molar-refractivity contribution >= 4 is 11.6 Å². The van der Waals surface area contributed by atoms with Gasteiger partial charge in [0.15, 0.2) is 0 Å². The number of rotatable bonds is 5. The molecule has 4 nitrogen and oxygen atoms in total. The summed E-state index contributed by atoms with van der Waals surface area (Å²) in [5, 5.41) is 6.20. The Labute approximate surface area is 114 Å². The summed E-state index contributed by atoms with van der Waals surface area (Å²) >= 11 is 0. The fourth-order valence-electron chi connectivity index (χ4n) is 2.48. The Hall–Kier alpha value is -1.55. The van der Waals surface area contributed by atoms with E-state index in [1.165, 1.54) is 25.7 Å². The van der Waals surface area contributed by atoms with Gasteiger partial charge in [-0.2, -0.15) is 0 Å². The van der Waals surface area contributed by atoms with Crippen LogP contribution in [0.1, 0.15) is 31.2 Å². The van der Waals surface area contributed by atoms with Crippen LogP contribution in [0.4, 0.5) is 5.69 Å². The number of amides is 1. The van der Waals surface area contributed by atoms with Crippen LogP contribution in [0.2, 0.25) is 0 Å². The molecule has 1 aromatic carbocycles. The van der Waals surface area contributed by atoms with Crippen LogP contribution in [0.25, 0.3) is 0 Å². The Morgan fingerprint density at radius 2 is 2.11 bits per heavy atom. The number of aryl methyl sites for hydroxylation is 1. The number of benzene rings is 1. The minimum absolute atomic E-state index is 0.0178. The molecule has 19 heavy (non-hydrogen) atoms. The van der Waals surface area contributed by atoms with Crippen LogP contribution in [-0.2, 0) is 4.79 Å². The molecule has 1 fully saturated rings. The fourth-order valence-corrected chi connectivity index (χ4v) is 2.48. The lowest BCUT2D eigenvalue weighted by molar-refractivity contribution is -0.115. The molecule has 0 aliphatic heterocycles. The number of carbonyl (C=O) groups is 1. The third-order valence-corrected chi connectivity index (χ3v) is 3.54. The van der Waals surface area contributed by atoms with E-state index in [0.717, 1.165) is 11.3 Å². The van der Waals surface area contributed by atoms with E-state index in [1.54, 1.807) is 7.11 Å². The molecule has 0 bridgehead atoms. The quantitative estimate of drug-likeness (QED) is 0.857. The largest absolute Gasteiger partial charge is 0.495 e. The van der Waals surface area contributed by atoms with Gasteiger partial charge in [-0.05, 0) is 37.5 Å². The highest BCUT2D eigenvalue weighted by molar-refractivity contribution is 5.93. The first kappa shape index (κ1) is 13.9. The number of hydrogen-bond acceptors (Lipinski definition) is 3. The molecular formula is C15H22N2O2. The summed E-state index contributed by atoms with van der Waals surface area (Å²) in [6, 6.07) is 6.26. The monoisotopic (exact) mass is 262 g/mol. The smallest absolute Gasteiger partial charge is 0.238 e. The highest BCUT2D eigenvalue weighted by Gasteiger charge is 2.15. The Morgan fingerprint density at radius 1 is 1.37 bits per heavy atom. The molecule has 0 spiro atoms. The van der Waals surface area contributed by atoms with Crippen LogP contribution in [0.3, 0.4) is 0 Å². The van der Waals surface area contributed by atoms with E-state index in [4.69, 9.17) is 4.74 Å². The third-order valence-electron chi connectivity index (χ3n) is 3.54. The average molecular weight is 262 g/mol. The first-order chi connectivity index (χ1) is 9.19. The van der Waals surface area contributed by atoms with Gasteiger partial charge in [0, 0.05) is 6.04 Å². The predicted molar refractivity (Wildman–Crippen MR) is 76.6 cm³/mol. The second kappa shape index (κ2) is 6.57. The summed E-state index contributed by atoms with van der Waals surface area (Å²) in [5.74, 6) is 0.676. The lowest BCUT2D eigenvalue weighted by Crippen LogP contribution is -2.34. The van der Waals surface area contributed by atoms with Crippen molar-refractivity contribution in [2.75, 3.05) is 19.0 Å². The number of anilines is 1. The van der Waals surface area contributed by atoms with E-state index >= 15 is 0 Å². The van der Waals surface area contributed by atoms with Gasteiger partial charge in [-0.3, -0.25) is 4.79 Å². The number of hydrogen-bond donors (Lipinski definition) is 2. The molecule has 0 unspecified atom stereocenters. The molecule has 1 aliphatic carbocycles. The zero-order valence-electron chi connectivity index (χ0n) is 11.7. The zero-order valence-corrected chi connectivity index (χ0v) is 11.7. The van der Waals surface area contributed by atoms with Crippen molar-refractivity contribution in [3.05, 3.63) is 23.8 Å².